The maximum Gasteiger partial charge on any atom is 0.251 e. The number of rotatable bonds is 7. The van der Waals surface area contributed by atoms with Crippen LogP contribution < -0.4 is 5.32 Å². The van der Waals surface area contributed by atoms with Gasteiger partial charge in [-0.2, -0.15) is 0 Å². The molecule has 27 heavy (non-hydrogen) atoms. The van der Waals surface area contributed by atoms with E-state index in [0.29, 0.717) is 6.04 Å². The lowest BCUT2D eigenvalue weighted by Gasteiger charge is -2.37. The quantitative estimate of drug-likeness (QED) is 0.704. The summed E-state index contributed by atoms with van der Waals surface area (Å²) in [5, 5.41) is 5.29. The zero-order valence-electron chi connectivity index (χ0n) is 16.8. The smallest absolute Gasteiger partial charge is 0.251 e. The van der Waals surface area contributed by atoms with Crippen molar-refractivity contribution in [3.63, 3.8) is 0 Å². The van der Waals surface area contributed by atoms with Crippen molar-refractivity contribution in [3.8, 4) is 0 Å². The number of benzene rings is 1. The molecule has 1 amide bonds. The molecule has 4 heteroatoms. The van der Waals surface area contributed by atoms with Crippen molar-refractivity contribution in [2.24, 2.45) is 11.8 Å². The van der Waals surface area contributed by atoms with Crippen LogP contribution in [0.15, 0.2) is 41.8 Å². The van der Waals surface area contributed by atoms with Crippen molar-refractivity contribution in [1.82, 2.24) is 10.2 Å². The van der Waals surface area contributed by atoms with Crippen LogP contribution in [-0.4, -0.2) is 31.4 Å². The van der Waals surface area contributed by atoms with Gasteiger partial charge in [-0.3, -0.25) is 4.79 Å². The number of nitrogens with zero attached hydrogens (tertiary/aromatic N) is 1. The average Bonchev–Trinajstić information content (AvgIpc) is 3.17. The highest BCUT2D eigenvalue weighted by molar-refractivity contribution is 7.10. The van der Waals surface area contributed by atoms with Gasteiger partial charge in [0.2, 0.25) is 0 Å². The van der Waals surface area contributed by atoms with Gasteiger partial charge in [-0.25, -0.2) is 0 Å². The minimum Gasteiger partial charge on any atom is -0.352 e. The number of hydrogen-bond acceptors (Lipinski definition) is 3. The molecule has 1 aromatic carbocycles. The molecule has 3 nitrogen and oxygen atoms in total. The molecule has 0 saturated heterocycles. The first-order chi connectivity index (χ1) is 13.0. The van der Waals surface area contributed by atoms with Crippen LogP contribution in [-0.2, 0) is 0 Å². The first-order valence-electron chi connectivity index (χ1n) is 10.1. The molecule has 1 saturated carbocycles. The van der Waals surface area contributed by atoms with E-state index in [4.69, 9.17) is 0 Å². The van der Waals surface area contributed by atoms with Crippen LogP contribution in [0.25, 0.3) is 0 Å². The number of hydrogen-bond donors (Lipinski definition) is 1. The summed E-state index contributed by atoms with van der Waals surface area (Å²) in [4.78, 5) is 16.2. The standard InChI is InChI=1S/C23H32N2OS/c1-17-6-4-7-20(16-17)23(26)24-14-13-18-9-11-19(12-10-18)22(25(2)3)21-8-5-15-27-21/h4-8,15-16,18-19,22H,9-14H2,1-3H3,(H,24,26). The molecule has 1 heterocycles. The van der Waals surface area contributed by atoms with Crippen LogP contribution in [0.4, 0.5) is 0 Å². The second-order valence-corrected chi connectivity index (χ2v) is 9.10. The Morgan fingerprint density at radius 3 is 2.59 bits per heavy atom. The third-order valence-corrected chi connectivity index (χ3v) is 6.79. The van der Waals surface area contributed by atoms with Crippen molar-refractivity contribution in [1.29, 1.82) is 0 Å². The largest absolute Gasteiger partial charge is 0.352 e. The topological polar surface area (TPSA) is 32.3 Å². The van der Waals surface area contributed by atoms with E-state index in [1.165, 1.54) is 30.6 Å². The molecule has 1 aromatic heterocycles. The highest BCUT2D eigenvalue weighted by Crippen LogP contribution is 2.41. The van der Waals surface area contributed by atoms with E-state index in [1.54, 1.807) is 0 Å². The molecule has 1 atom stereocenters. The maximum atomic E-state index is 12.3. The number of carbonyl (C=O) groups excluding carboxylic acids is 1. The summed E-state index contributed by atoms with van der Waals surface area (Å²) in [6.07, 6.45) is 6.23. The Balaban J connectivity index is 1.43. The Morgan fingerprint density at radius 2 is 1.96 bits per heavy atom. The molecule has 1 fully saturated rings. The summed E-state index contributed by atoms with van der Waals surface area (Å²) in [6.45, 7) is 2.80. The molecule has 0 radical (unpaired) electrons. The normalized spacial score (nSPS) is 21.2. The average molecular weight is 385 g/mol. The van der Waals surface area contributed by atoms with Crippen LogP contribution in [0, 0.1) is 18.8 Å². The van der Waals surface area contributed by atoms with Crippen molar-refractivity contribution in [2.45, 2.75) is 45.1 Å². The number of carbonyl (C=O) groups is 1. The molecular formula is C23H32N2OS. The lowest BCUT2D eigenvalue weighted by molar-refractivity contribution is 0.0947. The minimum absolute atomic E-state index is 0.0535. The Hall–Kier alpha value is -1.65. The van der Waals surface area contributed by atoms with Crippen molar-refractivity contribution in [2.75, 3.05) is 20.6 Å². The van der Waals surface area contributed by atoms with Crippen LogP contribution >= 0.6 is 11.3 Å². The van der Waals surface area contributed by atoms with Gasteiger partial charge in [0.1, 0.15) is 0 Å². The van der Waals surface area contributed by atoms with E-state index in [-0.39, 0.29) is 5.91 Å². The summed E-state index contributed by atoms with van der Waals surface area (Å²) in [6, 6.07) is 12.8. The van der Waals surface area contributed by atoms with E-state index in [2.05, 4.69) is 41.8 Å². The third-order valence-electron chi connectivity index (χ3n) is 5.85. The molecule has 2 aromatic rings. The Bertz CT molecular complexity index is 718. The lowest BCUT2D eigenvalue weighted by Crippen LogP contribution is -2.31. The molecule has 146 valence electrons. The zero-order valence-corrected chi connectivity index (χ0v) is 17.6. The number of nitrogens with one attached hydrogen (secondary N) is 1. The summed E-state index contributed by atoms with van der Waals surface area (Å²) >= 11 is 1.88. The zero-order chi connectivity index (χ0) is 19.2. The monoisotopic (exact) mass is 384 g/mol. The fourth-order valence-electron chi connectivity index (χ4n) is 4.44. The number of thiophene rings is 1. The summed E-state index contributed by atoms with van der Waals surface area (Å²) < 4.78 is 0. The Kier molecular flexibility index (Phi) is 7.08. The summed E-state index contributed by atoms with van der Waals surface area (Å²) in [5.41, 5.74) is 1.89. The SMILES string of the molecule is Cc1cccc(C(=O)NCCC2CCC(C(c3cccs3)N(C)C)CC2)c1. The second-order valence-electron chi connectivity index (χ2n) is 8.12. The highest BCUT2D eigenvalue weighted by atomic mass is 32.1. The number of amides is 1. The molecule has 0 aliphatic heterocycles. The van der Waals surface area contributed by atoms with Gasteiger partial charge in [-0.05, 0) is 75.7 Å². The minimum atomic E-state index is 0.0535. The van der Waals surface area contributed by atoms with Gasteiger partial charge in [0.05, 0.1) is 0 Å². The van der Waals surface area contributed by atoms with E-state index in [1.807, 2.05) is 42.5 Å². The Morgan fingerprint density at radius 1 is 1.19 bits per heavy atom. The van der Waals surface area contributed by atoms with Gasteiger partial charge < -0.3 is 10.2 Å². The molecule has 1 aliphatic carbocycles. The van der Waals surface area contributed by atoms with Crippen molar-refractivity contribution >= 4 is 17.2 Å². The van der Waals surface area contributed by atoms with Gasteiger partial charge in [0.25, 0.3) is 5.91 Å². The maximum absolute atomic E-state index is 12.3. The van der Waals surface area contributed by atoms with E-state index in [0.717, 1.165) is 35.9 Å². The van der Waals surface area contributed by atoms with Gasteiger partial charge in [-0.1, -0.05) is 36.6 Å². The summed E-state index contributed by atoms with van der Waals surface area (Å²) in [5.74, 6) is 1.54. The van der Waals surface area contributed by atoms with Crippen LogP contribution in [0.3, 0.4) is 0 Å². The molecule has 1 aliphatic rings. The molecule has 0 bridgehead atoms. The molecule has 1 unspecified atom stereocenters. The molecule has 0 spiro atoms. The van der Waals surface area contributed by atoms with Gasteiger partial charge in [-0.15, -0.1) is 11.3 Å². The van der Waals surface area contributed by atoms with Crippen LogP contribution in [0.5, 0.6) is 0 Å². The van der Waals surface area contributed by atoms with E-state index >= 15 is 0 Å². The van der Waals surface area contributed by atoms with Gasteiger partial charge in [0, 0.05) is 23.0 Å². The van der Waals surface area contributed by atoms with Gasteiger partial charge >= 0.3 is 0 Å². The predicted molar refractivity (Wildman–Crippen MR) is 114 cm³/mol. The van der Waals surface area contributed by atoms with Crippen LogP contribution in [0.2, 0.25) is 0 Å². The molecular weight excluding hydrogens is 352 g/mol. The van der Waals surface area contributed by atoms with Crippen molar-refractivity contribution < 1.29 is 4.79 Å². The predicted octanol–water partition coefficient (Wildman–Crippen LogP) is 5.29. The third kappa shape index (κ3) is 5.43. The van der Waals surface area contributed by atoms with Gasteiger partial charge in [0.15, 0.2) is 0 Å². The lowest BCUT2D eigenvalue weighted by atomic mass is 9.76. The Labute approximate surface area is 167 Å². The fraction of sp³-hybridized carbons (Fsp3) is 0.522. The van der Waals surface area contributed by atoms with E-state index in [9.17, 15) is 4.79 Å². The van der Waals surface area contributed by atoms with E-state index < -0.39 is 0 Å². The molecule has 3 rings (SSSR count). The van der Waals surface area contributed by atoms with Crippen molar-refractivity contribution in [3.05, 3.63) is 57.8 Å². The first-order valence-corrected chi connectivity index (χ1v) is 11.0. The molecule has 1 N–H and O–H groups in total. The van der Waals surface area contributed by atoms with Crippen LogP contribution in [0.1, 0.15) is 58.9 Å². The fourth-order valence-corrected chi connectivity index (χ4v) is 5.45. The summed E-state index contributed by atoms with van der Waals surface area (Å²) in [7, 11) is 4.41. The second kappa shape index (κ2) is 9.52. The first kappa shape index (κ1) is 20.1. The highest BCUT2D eigenvalue weighted by Gasteiger charge is 2.30. The number of aryl methyl sites for hydroxylation is 1.